The molecule has 0 radical (unpaired) electrons. The number of rotatable bonds is 8. The van der Waals surface area contributed by atoms with E-state index in [1.165, 1.54) is 40.9 Å². The fraction of sp³-hybridized carbons (Fsp3) is 0.147. The van der Waals surface area contributed by atoms with Gasteiger partial charge in [-0.15, -0.1) is 11.8 Å². The van der Waals surface area contributed by atoms with Crippen molar-refractivity contribution in [2.24, 2.45) is 0 Å². The molecule has 1 aliphatic heterocycles. The van der Waals surface area contributed by atoms with Crippen molar-refractivity contribution in [2.75, 3.05) is 24.3 Å². The molecular formula is C34H28F2N4O3S. The minimum absolute atomic E-state index is 0.0822. The summed E-state index contributed by atoms with van der Waals surface area (Å²) in [6, 6.07) is 29.0. The molecule has 6 rings (SSSR count). The summed E-state index contributed by atoms with van der Waals surface area (Å²) >= 11 is 1.41. The standard InChI is InChI=1S/C34H28F2N4O3S/c1-43-28-17-15-27(16-18-28)40-34-31(32(38-40)23-5-3-2-4-6-23)33(24-9-13-26(36)14-10-24)44-21-30(42)39(34)20-29(41)37-19-22-7-11-25(35)12-8-22/h2-18,33H,19-21H2,1H3,(H,37,41). The Morgan fingerprint density at radius 1 is 0.932 bits per heavy atom. The average Bonchev–Trinajstić information content (AvgIpc) is 3.38. The molecule has 5 aromatic rings. The third-order valence-corrected chi connectivity index (χ3v) is 8.59. The Labute approximate surface area is 257 Å². The van der Waals surface area contributed by atoms with E-state index < -0.39 is 0 Å². The number of methoxy groups -OCH3 is 1. The maximum absolute atomic E-state index is 14.0. The average molecular weight is 611 g/mol. The molecule has 0 aliphatic carbocycles. The Morgan fingerprint density at radius 3 is 2.25 bits per heavy atom. The van der Waals surface area contributed by atoms with Crippen LogP contribution >= 0.6 is 11.8 Å². The van der Waals surface area contributed by atoms with Crippen LogP contribution < -0.4 is 15.0 Å². The van der Waals surface area contributed by atoms with Crippen molar-refractivity contribution in [2.45, 2.75) is 11.8 Å². The van der Waals surface area contributed by atoms with Crippen molar-refractivity contribution in [3.63, 3.8) is 0 Å². The molecule has 0 saturated carbocycles. The van der Waals surface area contributed by atoms with Crippen LogP contribution in [0.1, 0.15) is 21.9 Å². The first-order valence-corrected chi connectivity index (χ1v) is 15.0. The molecule has 7 nitrogen and oxygen atoms in total. The number of amides is 2. The van der Waals surface area contributed by atoms with E-state index in [4.69, 9.17) is 9.84 Å². The van der Waals surface area contributed by atoms with Crippen LogP contribution in [-0.4, -0.2) is 41.0 Å². The number of nitrogens with one attached hydrogen (secondary N) is 1. The van der Waals surface area contributed by atoms with Gasteiger partial charge in [0.25, 0.3) is 0 Å². The van der Waals surface area contributed by atoms with Gasteiger partial charge in [-0.05, 0) is 59.7 Å². The number of anilines is 1. The Balaban J connectivity index is 1.49. The van der Waals surface area contributed by atoms with Gasteiger partial charge in [0, 0.05) is 17.7 Å². The first-order chi connectivity index (χ1) is 21.4. The van der Waals surface area contributed by atoms with Gasteiger partial charge in [0.2, 0.25) is 11.8 Å². The highest BCUT2D eigenvalue weighted by Crippen LogP contribution is 2.48. The molecule has 2 amide bonds. The summed E-state index contributed by atoms with van der Waals surface area (Å²) in [4.78, 5) is 28.7. The van der Waals surface area contributed by atoms with Crippen LogP contribution in [0.3, 0.4) is 0 Å². The largest absolute Gasteiger partial charge is 0.497 e. The van der Waals surface area contributed by atoms with Crippen molar-refractivity contribution >= 4 is 29.4 Å². The second-order valence-electron chi connectivity index (χ2n) is 10.2. The highest BCUT2D eigenvalue weighted by Gasteiger charge is 2.37. The maximum Gasteiger partial charge on any atom is 0.240 e. The fourth-order valence-electron chi connectivity index (χ4n) is 5.14. The fourth-order valence-corrected chi connectivity index (χ4v) is 6.33. The van der Waals surface area contributed by atoms with Gasteiger partial charge in [-0.25, -0.2) is 13.5 Å². The zero-order valence-corrected chi connectivity index (χ0v) is 24.6. The second kappa shape index (κ2) is 12.7. The predicted octanol–water partition coefficient (Wildman–Crippen LogP) is 6.31. The molecule has 1 atom stereocenters. The number of aromatic nitrogens is 2. The zero-order chi connectivity index (χ0) is 30.6. The summed E-state index contributed by atoms with van der Waals surface area (Å²) in [6.45, 7) is -0.0895. The summed E-state index contributed by atoms with van der Waals surface area (Å²) in [5.41, 5.74) is 4.41. The first-order valence-electron chi connectivity index (χ1n) is 13.9. The number of carbonyl (C=O) groups excluding carboxylic acids is 2. The van der Waals surface area contributed by atoms with E-state index in [0.717, 1.165) is 22.3 Å². The molecule has 1 unspecified atom stereocenters. The first kappa shape index (κ1) is 29.1. The molecule has 0 saturated heterocycles. The number of thioether (sulfide) groups is 1. The van der Waals surface area contributed by atoms with Gasteiger partial charge < -0.3 is 10.1 Å². The van der Waals surface area contributed by atoms with Gasteiger partial charge in [0.1, 0.15) is 29.7 Å². The third-order valence-electron chi connectivity index (χ3n) is 7.33. The van der Waals surface area contributed by atoms with Crippen LogP contribution in [0.5, 0.6) is 5.75 Å². The van der Waals surface area contributed by atoms with E-state index in [1.54, 1.807) is 48.2 Å². The SMILES string of the molecule is COc1ccc(-n2nc(-c3ccccc3)c3c2N(CC(=O)NCc2ccc(F)cc2)C(=O)CSC3c2ccc(F)cc2)cc1. The molecule has 0 fully saturated rings. The predicted molar refractivity (Wildman–Crippen MR) is 167 cm³/mol. The van der Waals surface area contributed by atoms with Crippen molar-refractivity contribution in [3.8, 4) is 22.7 Å². The number of hydrogen-bond donors (Lipinski definition) is 1. The minimum atomic E-state index is -0.386. The van der Waals surface area contributed by atoms with Crippen LogP contribution in [0.25, 0.3) is 16.9 Å². The van der Waals surface area contributed by atoms with Crippen LogP contribution in [0.4, 0.5) is 14.6 Å². The van der Waals surface area contributed by atoms with E-state index in [2.05, 4.69) is 5.32 Å². The summed E-state index contributed by atoms with van der Waals surface area (Å²) in [6.07, 6.45) is 0. The number of ether oxygens (including phenoxy) is 1. The molecule has 10 heteroatoms. The van der Waals surface area contributed by atoms with E-state index in [-0.39, 0.29) is 47.5 Å². The number of halogens is 2. The van der Waals surface area contributed by atoms with Gasteiger partial charge in [0.15, 0.2) is 0 Å². The van der Waals surface area contributed by atoms with Crippen molar-refractivity contribution in [1.29, 1.82) is 0 Å². The number of nitrogens with zero attached hydrogens (tertiary/aromatic N) is 3. The number of carbonyl (C=O) groups is 2. The van der Waals surface area contributed by atoms with Gasteiger partial charge >= 0.3 is 0 Å². The number of hydrogen-bond acceptors (Lipinski definition) is 5. The van der Waals surface area contributed by atoms with Crippen LogP contribution in [0, 0.1) is 11.6 Å². The maximum atomic E-state index is 14.0. The van der Waals surface area contributed by atoms with Gasteiger partial charge in [-0.2, -0.15) is 5.10 Å². The van der Waals surface area contributed by atoms with Crippen LogP contribution in [-0.2, 0) is 16.1 Å². The lowest BCUT2D eigenvalue weighted by atomic mass is 9.99. The van der Waals surface area contributed by atoms with E-state index in [9.17, 15) is 18.4 Å². The molecule has 44 heavy (non-hydrogen) atoms. The lowest BCUT2D eigenvalue weighted by molar-refractivity contribution is -0.123. The van der Waals surface area contributed by atoms with E-state index in [0.29, 0.717) is 22.9 Å². The topological polar surface area (TPSA) is 76.5 Å². The number of fused-ring (bicyclic) bond motifs is 1. The second-order valence-corrected chi connectivity index (χ2v) is 11.3. The van der Waals surface area contributed by atoms with Crippen molar-refractivity contribution < 1.29 is 23.1 Å². The summed E-state index contributed by atoms with van der Waals surface area (Å²) in [5, 5.41) is 7.51. The normalized spacial score (nSPS) is 14.6. The van der Waals surface area contributed by atoms with Crippen LogP contribution in [0.2, 0.25) is 0 Å². The highest BCUT2D eigenvalue weighted by molar-refractivity contribution is 8.00. The molecule has 0 spiro atoms. The Morgan fingerprint density at radius 2 is 1.59 bits per heavy atom. The molecule has 0 bridgehead atoms. The van der Waals surface area contributed by atoms with Gasteiger partial charge in [0.05, 0.1) is 29.5 Å². The summed E-state index contributed by atoms with van der Waals surface area (Å²) < 4.78 is 34.4. The molecule has 222 valence electrons. The molecule has 1 aliphatic rings. The van der Waals surface area contributed by atoms with Gasteiger partial charge in [-0.1, -0.05) is 54.6 Å². The quantitative estimate of drug-likeness (QED) is 0.223. The Hall–Kier alpha value is -4.96. The molecular weight excluding hydrogens is 582 g/mol. The van der Waals surface area contributed by atoms with E-state index >= 15 is 0 Å². The van der Waals surface area contributed by atoms with Crippen molar-refractivity contribution in [1.82, 2.24) is 15.1 Å². The van der Waals surface area contributed by atoms with Crippen LogP contribution in [0.15, 0.2) is 103 Å². The third kappa shape index (κ3) is 6.07. The van der Waals surface area contributed by atoms with E-state index in [1.807, 2.05) is 42.5 Å². The van der Waals surface area contributed by atoms with Crippen molar-refractivity contribution in [3.05, 3.63) is 131 Å². The highest BCUT2D eigenvalue weighted by atomic mass is 32.2. The molecule has 1 N–H and O–H groups in total. The molecule has 1 aromatic heterocycles. The minimum Gasteiger partial charge on any atom is -0.497 e. The smallest absolute Gasteiger partial charge is 0.240 e. The zero-order valence-electron chi connectivity index (χ0n) is 23.7. The number of benzene rings is 4. The lowest BCUT2D eigenvalue weighted by Gasteiger charge is -2.23. The van der Waals surface area contributed by atoms with Gasteiger partial charge in [-0.3, -0.25) is 14.5 Å². The monoisotopic (exact) mass is 610 g/mol. The molecule has 4 aromatic carbocycles. The Bertz CT molecular complexity index is 1780. The summed E-state index contributed by atoms with van der Waals surface area (Å²) in [5.74, 6) is -0.191. The summed E-state index contributed by atoms with van der Waals surface area (Å²) in [7, 11) is 1.58. The lowest BCUT2D eigenvalue weighted by Crippen LogP contribution is -2.42. The molecule has 2 heterocycles. The Kier molecular flexibility index (Phi) is 8.42.